The normalized spacial score (nSPS) is 22.3. The molecule has 76 valence electrons. The van der Waals surface area contributed by atoms with Gasteiger partial charge in [0.1, 0.15) is 0 Å². The van der Waals surface area contributed by atoms with Gasteiger partial charge in [0.2, 0.25) is 5.91 Å². The summed E-state index contributed by atoms with van der Waals surface area (Å²) in [5, 5.41) is 8.99. The molecule has 0 saturated carbocycles. The van der Waals surface area contributed by atoms with Gasteiger partial charge in [0.15, 0.2) is 0 Å². The molecule has 1 rings (SSSR count). The van der Waals surface area contributed by atoms with Gasteiger partial charge in [-0.05, 0) is 25.8 Å². The Bertz CT molecular complexity index is 173. The van der Waals surface area contributed by atoms with Gasteiger partial charge >= 0.3 is 0 Å². The lowest BCUT2D eigenvalue weighted by Crippen LogP contribution is -2.37. The zero-order valence-corrected chi connectivity index (χ0v) is 7.91. The van der Waals surface area contributed by atoms with Crippen molar-refractivity contribution < 1.29 is 9.90 Å². The van der Waals surface area contributed by atoms with Crippen LogP contribution in [0, 0.1) is 0 Å². The van der Waals surface area contributed by atoms with E-state index in [1.165, 1.54) is 0 Å². The summed E-state index contributed by atoms with van der Waals surface area (Å²) in [5.41, 5.74) is 5.32. The summed E-state index contributed by atoms with van der Waals surface area (Å²) in [7, 11) is 0. The average molecular weight is 186 g/mol. The molecule has 1 amide bonds. The minimum Gasteiger partial charge on any atom is -0.394 e. The van der Waals surface area contributed by atoms with Crippen molar-refractivity contribution in [2.24, 2.45) is 5.73 Å². The maximum absolute atomic E-state index is 11.5. The number of nitrogens with zero attached hydrogens (tertiary/aromatic N) is 1. The molecule has 0 aliphatic carbocycles. The van der Waals surface area contributed by atoms with E-state index >= 15 is 0 Å². The van der Waals surface area contributed by atoms with Gasteiger partial charge in [-0.15, -0.1) is 0 Å². The number of nitrogens with two attached hydrogens (primary N) is 1. The summed E-state index contributed by atoms with van der Waals surface area (Å²) in [6.07, 6.45) is 3.21. The van der Waals surface area contributed by atoms with Crippen LogP contribution in [0.5, 0.6) is 0 Å². The fourth-order valence-corrected chi connectivity index (χ4v) is 1.75. The molecule has 0 aromatic heterocycles. The second kappa shape index (κ2) is 5.19. The fourth-order valence-electron chi connectivity index (χ4n) is 1.75. The summed E-state index contributed by atoms with van der Waals surface area (Å²) in [4.78, 5) is 13.3. The van der Waals surface area contributed by atoms with Crippen molar-refractivity contribution in [1.29, 1.82) is 0 Å². The van der Waals surface area contributed by atoms with Gasteiger partial charge in [0, 0.05) is 13.0 Å². The molecule has 1 atom stereocenters. The van der Waals surface area contributed by atoms with Crippen molar-refractivity contribution in [2.45, 2.75) is 31.7 Å². The van der Waals surface area contributed by atoms with Crippen molar-refractivity contribution in [3.63, 3.8) is 0 Å². The number of rotatable bonds is 4. The van der Waals surface area contributed by atoms with Gasteiger partial charge < -0.3 is 15.7 Å². The van der Waals surface area contributed by atoms with Crippen LogP contribution in [0.15, 0.2) is 0 Å². The van der Waals surface area contributed by atoms with E-state index in [0.29, 0.717) is 13.0 Å². The highest BCUT2D eigenvalue weighted by Gasteiger charge is 2.27. The van der Waals surface area contributed by atoms with Crippen LogP contribution in [0.3, 0.4) is 0 Å². The zero-order valence-electron chi connectivity index (χ0n) is 7.91. The number of carbonyl (C=O) groups excluding carboxylic acids is 1. The van der Waals surface area contributed by atoms with Crippen LogP contribution in [0.2, 0.25) is 0 Å². The summed E-state index contributed by atoms with van der Waals surface area (Å²) in [5.74, 6) is 0.141. The summed E-state index contributed by atoms with van der Waals surface area (Å²) in [6.45, 7) is 1.45. The molecule has 4 heteroatoms. The second-order valence-corrected chi connectivity index (χ2v) is 3.46. The van der Waals surface area contributed by atoms with E-state index in [2.05, 4.69) is 0 Å². The molecule has 1 aliphatic rings. The van der Waals surface area contributed by atoms with Crippen LogP contribution in [-0.2, 0) is 4.79 Å². The van der Waals surface area contributed by atoms with E-state index in [0.717, 1.165) is 25.8 Å². The molecule has 1 fully saturated rings. The molecule has 3 N–H and O–H groups in total. The Kier molecular flexibility index (Phi) is 4.18. The third-order valence-electron chi connectivity index (χ3n) is 2.50. The number of likely N-dealkylation sites (tertiary alicyclic amines) is 1. The molecule has 1 aliphatic heterocycles. The molecule has 0 spiro atoms. The molecule has 0 unspecified atom stereocenters. The van der Waals surface area contributed by atoms with E-state index < -0.39 is 0 Å². The van der Waals surface area contributed by atoms with E-state index in [-0.39, 0.29) is 18.6 Å². The topological polar surface area (TPSA) is 66.6 Å². The lowest BCUT2D eigenvalue weighted by Gasteiger charge is -2.22. The summed E-state index contributed by atoms with van der Waals surface area (Å²) < 4.78 is 0. The van der Waals surface area contributed by atoms with E-state index in [9.17, 15) is 4.79 Å². The Morgan fingerprint density at radius 1 is 1.62 bits per heavy atom. The lowest BCUT2D eigenvalue weighted by molar-refractivity contribution is -0.132. The minimum absolute atomic E-state index is 0.0604. The molecular weight excluding hydrogens is 168 g/mol. The van der Waals surface area contributed by atoms with Crippen LogP contribution >= 0.6 is 0 Å². The molecule has 4 nitrogen and oxygen atoms in total. The Hall–Kier alpha value is -0.610. The van der Waals surface area contributed by atoms with Gasteiger partial charge in [-0.3, -0.25) is 4.79 Å². The smallest absolute Gasteiger partial charge is 0.222 e. The van der Waals surface area contributed by atoms with Crippen molar-refractivity contribution in [3.8, 4) is 0 Å². The third-order valence-corrected chi connectivity index (χ3v) is 2.50. The molecule has 1 saturated heterocycles. The largest absolute Gasteiger partial charge is 0.394 e. The van der Waals surface area contributed by atoms with Gasteiger partial charge in [0.25, 0.3) is 0 Å². The first-order chi connectivity index (χ1) is 6.29. The number of aliphatic hydroxyl groups excluding tert-OH is 1. The molecule has 0 bridgehead atoms. The Morgan fingerprint density at radius 2 is 2.38 bits per heavy atom. The number of carbonyl (C=O) groups is 1. The quantitative estimate of drug-likeness (QED) is 0.634. The number of hydrogen-bond donors (Lipinski definition) is 2. The van der Waals surface area contributed by atoms with Crippen LogP contribution in [0.1, 0.15) is 25.7 Å². The number of aliphatic hydroxyl groups is 1. The minimum atomic E-state index is 0.0604. The first kappa shape index (κ1) is 10.5. The van der Waals surface area contributed by atoms with Crippen molar-refractivity contribution in [3.05, 3.63) is 0 Å². The molecular formula is C9H18N2O2. The fraction of sp³-hybridized carbons (Fsp3) is 0.889. The predicted octanol–water partition coefficient (Wildman–Crippen LogP) is -0.291. The maximum atomic E-state index is 11.5. The summed E-state index contributed by atoms with van der Waals surface area (Å²) in [6, 6.07) is 0.0604. The van der Waals surface area contributed by atoms with E-state index in [4.69, 9.17) is 10.8 Å². The Labute approximate surface area is 78.7 Å². The van der Waals surface area contributed by atoms with Crippen LogP contribution in [0.25, 0.3) is 0 Å². The SMILES string of the molecule is NCCCC(=O)N1CCC[C@@H]1CO. The number of hydrogen-bond acceptors (Lipinski definition) is 3. The molecule has 0 aromatic rings. The van der Waals surface area contributed by atoms with Crippen LogP contribution in [-0.4, -0.2) is 41.7 Å². The highest BCUT2D eigenvalue weighted by Crippen LogP contribution is 2.17. The van der Waals surface area contributed by atoms with E-state index in [1.807, 2.05) is 0 Å². The van der Waals surface area contributed by atoms with Gasteiger partial charge in [0.05, 0.1) is 12.6 Å². The monoisotopic (exact) mass is 186 g/mol. The van der Waals surface area contributed by atoms with Crippen LogP contribution < -0.4 is 5.73 Å². The lowest BCUT2D eigenvalue weighted by atomic mass is 10.2. The highest BCUT2D eigenvalue weighted by atomic mass is 16.3. The first-order valence-corrected chi connectivity index (χ1v) is 4.90. The summed E-state index contributed by atoms with van der Waals surface area (Å²) >= 11 is 0. The zero-order chi connectivity index (χ0) is 9.68. The standard InChI is InChI=1S/C9H18N2O2/c10-5-1-4-9(13)11-6-2-3-8(11)7-12/h8,12H,1-7,10H2/t8-/m1/s1. The Balaban J connectivity index is 2.36. The predicted molar refractivity (Wildman–Crippen MR) is 50.1 cm³/mol. The van der Waals surface area contributed by atoms with Crippen molar-refractivity contribution in [1.82, 2.24) is 4.90 Å². The van der Waals surface area contributed by atoms with Crippen molar-refractivity contribution in [2.75, 3.05) is 19.7 Å². The highest BCUT2D eigenvalue weighted by molar-refractivity contribution is 5.76. The van der Waals surface area contributed by atoms with Gasteiger partial charge in [-0.2, -0.15) is 0 Å². The molecule has 1 heterocycles. The van der Waals surface area contributed by atoms with Gasteiger partial charge in [-0.1, -0.05) is 0 Å². The molecule has 0 aromatic carbocycles. The third kappa shape index (κ3) is 2.67. The maximum Gasteiger partial charge on any atom is 0.222 e. The van der Waals surface area contributed by atoms with E-state index in [1.54, 1.807) is 4.90 Å². The molecule has 13 heavy (non-hydrogen) atoms. The van der Waals surface area contributed by atoms with Gasteiger partial charge in [-0.25, -0.2) is 0 Å². The van der Waals surface area contributed by atoms with Crippen molar-refractivity contribution >= 4 is 5.91 Å². The average Bonchev–Trinajstić information content (AvgIpc) is 2.61. The first-order valence-electron chi connectivity index (χ1n) is 4.90. The number of amides is 1. The second-order valence-electron chi connectivity index (χ2n) is 3.46. The van der Waals surface area contributed by atoms with Crippen LogP contribution in [0.4, 0.5) is 0 Å². The molecule has 0 radical (unpaired) electrons. The Morgan fingerprint density at radius 3 is 3.00 bits per heavy atom.